The lowest BCUT2D eigenvalue weighted by molar-refractivity contribution is -0.139. The second-order valence-corrected chi connectivity index (χ2v) is 7.70. The van der Waals surface area contributed by atoms with E-state index >= 15 is 0 Å². The predicted molar refractivity (Wildman–Crippen MR) is 115 cm³/mol. The van der Waals surface area contributed by atoms with Crippen molar-refractivity contribution in [3.63, 3.8) is 0 Å². The van der Waals surface area contributed by atoms with Crippen LogP contribution in [-0.4, -0.2) is 35.7 Å². The van der Waals surface area contributed by atoms with E-state index in [4.69, 9.17) is 21.1 Å². The van der Waals surface area contributed by atoms with Crippen molar-refractivity contribution in [3.05, 3.63) is 58.4 Å². The minimum Gasteiger partial charge on any atom is -0.490 e. The molecule has 1 unspecified atom stereocenters. The number of hydrogen-bond acceptors (Lipinski definition) is 5. The van der Waals surface area contributed by atoms with Crippen LogP contribution >= 0.6 is 23.4 Å². The quantitative estimate of drug-likeness (QED) is 0.495. The number of benzene rings is 2. The fourth-order valence-corrected chi connectivity index (χ4v) is 3.41. The molecule has 29 heavy (non-hydrogen) atoms. The van der Waals surface area contributed by atoms with Crippen molar-refractivity contribution < 1.29 is 23.8 Å². The molecule has 0 aliphatic carbocycles. The third-order valence-electron chi connectivity index (χ3n) is 4.13. The highest BCUT2D eigenvalue weighted by Crippen LogP contribution is 2.37. The monoisotopic (exact) mass is 441 g/mol. The van der Waals surface area contributed by atoms with Gasteiger partial charge in [0.25, 0.3) is 0 Å². The number of nitrogens with one attached hydrogen (secondary N) is 1. The summed E-state index contributed by atoms with van der Waals surface area (Å²) in [5.74, 6) is 0.448. The van der Waals surface area contributed by atoms with Gasteiger partial charge < -0.3 is 19.9 Å². The molecule has 2 N–H and O–H groups in total. The third kappa shape index (κ3) is 7.42. The third-order valence-corrected chi connectivity index (χ3v) is 5.05. The summed E-state index contributed by atoms with van der Waals surface area (Å²) < 4.78 is 24.5. The molecule has 1 atom stereocenters. The van der Waals surface area contributed by atoms with E-state index in [9.17, 15) is 14.3 Å². The minimum absolute atomic E-state index is 0.216. The second kappa shape index (κ2) is 11.9. The molecule has 158 valence electrons. The molecule has 0 aliphatic rings. The van der Waals surface area contributed by atoms with Gasteiger partial charge in [0.15, 0.2) is 11.5 Å². The molecule has 0 saturated carbocycles. The van der Waals surface area contributed by atoms with Crippen molar-refractivity contribution in [2.75, 3.05) is 18.6 Å². The highest BCUT2D eigenvalue weighted by Gasteiger charge is 2.18. The molecule has 5 nitrogen and oxygen atoms in total. The van der Waals surface area contributed by atoms with Crippen LogP contribution in [0.1, 0.15) is 24.5 Å². The first kappa shape index (κ1) is 23.3. The Bertz CT molecular complexity index is 804. The molecule has 8 heteroatoms. The Hall–Kier alpha value is -1.96. The summed E-state index contributed by atoms with van der Waals surface area (Å²) in [7, 11) is 0. The molecule has 0 radical (unpaired) electrons. The highest BCUT2D eigenvalue weighted by molar-refractivity contribution is 7.98. The summed E-state index contributed by atoms with van der Waals surface area (Å²) in [6, 6.07) is 8.90. The summed E-state index contributed by atoms with van der Waals surface area (Å²) >= 11 is 8.02. The number of rotatable bonds is 12. The topological polar surface area (TPSA) is 67.8 Å². The van der Waals surface area contributed by atoms with E-state index in [1.165, 1.54) is 12.1 Å². The van der Waals surface area contributed by atoms with E-state index in [1.54, 1.807) is 36.0 Å². The fourth-order valence-electron chi connectivity index (χ4n) is 2.65. The number of halogens is 2. The fraction of sp³-hybridized carbons (Fsp3) is 0.381. The first-order valence-electron chi connectivity index (χ1n) is 9.22. The maximum absolute atomic E-state index is 13.0. The summed E-state index contributed by atoms with van der Waals surface area (Å²) in [6.07, 6.45) is 2.47. The van der Waals surface area contributed by atoms with Gasteiger partial charge in [-0.15, -0.1) is 0 Å². The molecular formula is C21H25ClFNO4S. The van der Waals surface area contributed by atoms with Crippen molar-refractivity contribution in [2.24, 2.45) is 0 Å². The Morgan fingerprint density at radius 3 is 2.59 bits per heavy atom. The Morgan fingerprint density at radius 1 is 1.24 bits per heavy atom. The SMILES string of the molecule is CCOc1cc(CNC(CCSC)C(=O)O)cc(Cl)c1OCc1ccc(F)cc1. The number of carbonyl (C=O) groups is 1. The molecular weight excluding hydrogens is 417 g/mol. The van der Waals surface area contributed by atoms with Gasteiger partial charge in [-0.1, -0.05) is 23.7 Å². The highest BCUT2D eigenvalue weighted by atomic mass is 35.5. The minimum atomic E-state index is -0.880. The summed E-state index contributed by atoms with van der Waals surface area (Å²) in [5.41, 5.74) is 1.59. The lowest BCUT2D eigenvalue weighted by Gasteiger charge is -2.17. The van der Waals surface area contributed by atoms with Gasteiger partial charge >= 0.3 is 5.97 Å². The van der Waals surface area contributed by atoms with Crippen LogP contribution < -0.4 is 14.8 Å². The van der Waals surface area contributed by atoms with E-state index < -0.39 is 12.0 Å². The Kier molecular flexibility index (Phi) is 9.57. The first-order valence-corrected chi connectivity index (χ1v) is 11.0. The van der Waals surface area contributed by atoms with Crippen LogP contribution in [0.25, 0.3) is 0 Å². The van der Waals surface area contributed by atoms with Crippen LogP contribution in [-0.2, 0) is 17.9 Å². The predicted octanol–water partition coefficient (Wildman–Crippen LogP) is 4.75. The van der Waals surface area contributed by atoms with Gasteiger partial charge in [0.2, 0.25) is 0 Å². The van der Waals surface area contributed by atoms with Crippen molar-refractivity contribution in [1.82, 2.24) is 5.32 Å². The largest absolute Gasteiger partial charge is 0.490 e. The molecule has 0 saturated heterocycles. The Morgan fingerprint density at radius 2 is 1.97 bits per heavy atom. The van der Waals surface area contributed by atoms with Crippen LogP contribution in [0.3, 0.4) is 0 Å². The number of hydrogen-bond donors (Lipinski definition) is 2. The van der Waals surface area contributed by atoms with Crippen molar-refractivity contribution in [3.8, 4) is 11.5 Å². The van der Waals surface area contributed by atoms with Gasteiger partial charge in [0.1, 0.15) is 18.5 Å². The smallest absolute Gasteiger partial charge is 0.320 e. The number of aliphatic carboxylic acids is 1. The van der Waals surface area contributed by atoms with Gasteiger partial charge in [-0.3, -0.25) is 4.79 Å². The average molecular weight is 442 g/mol. The van der Waals surface area contributed by atoms with Crippen LogP contribution in [0.2, 0.25) is 5.02 Å². The summed E-state index contributed by atoms with van der Waals surface area (Å²) in [4.78, 5) is 11.4. The van der Waals surface area contributed by atoms with Crippen LogP contribution in [0.5, 0.6) is 11.5 Å². The standard InChI is InChI=1S/C21H25ClFNO4S/c1-3-27-19-11-15(12-24-18(21(25)26)8-9-29-2)10-17(22)20(19)28-13-14-4-6-16(23)7-5-14/h4-7,10-11,18,24H,3,8-9,12-13H2,1-2H3,(H,25,26). The molecule has 0 aliphatic heterocycles. The maximum Gasteiger partial charge on any atom is 0.320 e. The molecule has 0 fully saturated rings. The van der Waals surface area contributed by atoms with E-state index in [0.29, 0.717) is 36.1 Å². The van der Waals surface area contributed by atoms with E-state index in [0.717, 1.165) is 16.9 Å². The van der Waals surface area contributed by atoms with Crippen LogP contribution in [0.15, 0.2) is 36.4 Å². The Labute approximate surface area is 179 Å². The number of ether oxygens (including phenoxy) is 2. The second-order valence-electron chi connectivity index (χ2n) is 6.31. The molecule has 0 aromatic heterocycles. The lowest BCUT2D eigenvalue weighted by Crippen LogP contribution is -2.36. The molecule has 0 spiro atoms. The molecule has 0 bridgehead atoms. The first-order chi connectivity index (χ1) is 13.9. The average Bonchev–Trinajstić information content (AvgIpc) is 2.68. The van der Waals surface area contributed by atoms with Gasteiger partial charge in [0.05, 0.1) is 11.6 Å². The van der Waals surface area contributed by atoms with E-state index in [2.05, 4.69) is 5.32 Å². The van der Waals surface area contributed by atoms with E-state index in [-0.39, 0.29) is 12.4 Å². The molecule has 0 amide bonds. The lowest BCUT2D eigenvalue weighted by atomic mass is 10.1. The zero-order valence-electron chi connectivity index (χ0n) is 16.4. The Balaban J connectivity index is 2.11. The van der Waals surface area contributed by atoms with Gasteiger partial charge in [-0.25, -0.2) is 4.39 Å². The summed E-state index contributed by atoms with van der Waals surface area (Å²) in [6.45, 7) is 2.83. The number of thioether (sulfide) groups is 1. The molecule has 2 aromatic rings. The van der Waals surface area contributed by atoms with Crippen molar-refractivity contribution in [2.45, 2.75) is 32.5 Å². The summed E-state index contributed by atoms with van der Waals surface area (Å²) in [5, 5.41) is 12.8. The van der Waals surface area contributed by atoms with Crippen LogP contribution in [0, 0.1) is 5.82 Å². The molecule has 2 rings (SSSR count). The zero-order valence-corrected chi connectivity index (χ0v) is 18.0. The normalized spacial score (nSPS) is 11.9. The number of carboxylic acids is 1. The van der Waals surface area contributed by atoms with Gasteiger partial charge in [-0.2, -0.15) is 11.8 Å². The van der Waals surface area contributed by atoms with Crippen molar-refractivity contribution in [1.29, 1.82) is 0 Å². The maximum atomic E-state index is 13.0. The van der Waals surface area contributed by atoms with Crippen molar-refractivity contribution >= 4 is 29.3 Å². The van der Waals surface area contributed by atoms with Gasteiger partial charge in [0, 0.05) is 6.54 Å². The number of carboxylic acid groups (broad SMARTS) is 1. The molecule has 2 aromatic carbocycles. The molecule has 0 heterocycles. The van der Waals surface area contributed by atoms with Gasteiger partial charge in [-0.05, 0) is 60.7 Å². The zero-order chi connectivity index (χ0) is 21.2. The van der Waals surface area contributed by atoms with Crippen LogP contribution in [0.4, 0.5) is 4.39 Å². The van der Waals surface area contributed by atoms with E-state index in [1.807, 2.05) is 13.2 Å².